The number of Topliss-reactive ketones (excluding diaryl/α,β-unsaturated/α-hetero) is 1. The largest absolute Gasteiger partial charge is 0.289 e. The molecule has 3 nitrogen and oxygen atoms in total. The molecule has 0 saturated heterocycles. The molecular formula is C95H106F2N2OS6. The number of fused-ring (bicyclic) bond motifs is 9. The molecule has 8 aromatic rings. The van der Waals surface area contributed by atoms with E-state index in [0.29, 0.717) is 34.6 Å². The fourth-order valence-electron chi connectivity index (χ4n) is 18.5. The minimum atomic E-state index is -1.27. The highest BCUT2D eigenvalue weighted by Gasteiger charge is 2.61. The van der Waals surface area contributed by atoms with Gasteiger partial charge in [-0.25, -0.2) is 8.78 Å². The minimum absolute atomic E-state index is 0.0122. The van der Waals surface area contributed by atoms with E-state index in [-0.39, 0.29) is 79.1 Å². The topological polar surface area (TPSA) is 64.7 Å². The number of thioether (sulfide) groups is 4. The summed E-state index contributed by atoms with van der Waals surface area (Å²) in [5.41, 5.74) is 19.1. The first-order valence-corrected chi connectivity index (χ1v) is 44.9. The van der Waals surface area contributed by atoms with Crippen molar-refractivity contribution in [2.45, 2.75) is 242 Å². The summed E-state index contributed by atoms with van der Waals surface area (Å²) in [6.45, 7) is 28.6. The van der Waals surface area contributed by atoms with Crippen LogP contribution in [0, 0.1) is 79.8 Å². The van der Waals surface area contributed by atoms with Crippen molar-refractivity contribution < 1.29 is 13.6 Å². The van der Waals surface area contributed by atoms with E-state index in [9.17, 15) is 10.5 Å². The van der Waals surface area contributed by atoms with Crippen molar-refractivity contribution in [3.8, 4) is 22.6 Å². The number of carbonyl (C=O) groups is 1. The lowest BCUT2D eigenvalue weighted by molar-refractivity contribution is 0.104. The maximum absolute atomic E-state index is 18.1. The fourth-order valence-corrected chi connectivity index (χ4v) is 27.6. The molecular weight excluding hydrogens is 1420 g/mol. The molecule has 1 saturated carbocycles. The highest BCUT2D eigenvalue weighted by Crippen LogP contribution is 2.73. The van der Waals surface area contributed by atoms with E-state index in [1.807, 2.05) is 90.8 Å². The van der Waals surface area contributed by atoms with Crippen molar-refractivity contribution in [2.75, 3.05) is 6.26 Å². The summed E-state index contributed by atoms with van der Waals surface area (Å²) in [6, 6.07) is 47.9. The second kappa shape index (κ2) is 33.6. The monoisotopic (exact) mass is 1520 g/mol. The van der Waals surface area contributed by atoms with Crippen LogP contribution in [0.1, 0.15) is 266 Å². The minimum Gasteiger partial charge on any atom is -0.289 e. The van der Waals surface area contributed by atoms with Gasteiger partial charge in [0.1, 0.15) is 29.7 Å². The van der Waals surface area contributed by atoms with Gasteiger partial charge in [-0.3, -0.25) is 4.79 Å². The van der Waals surface area contributed by atoms with Gasteiger partial charge >= 0.3 is 0 Å². The third-order valence-electron chi connectivity index (χ3n) is 23.5. The van der Waals surface area contributed by atoms with Crippen LogP contribution >= 0.6 is 69.7 Å². The molecule has 4 heterocycles. The Hall–Kier alpha value is -6.15. The van der Waals surface area contributed by atoms with Gasteiger partial charge in [0.25, 0.3) is 0 Å². The summed E-state index contributed by atoms with van der Waals surface area (Å²) in [4.78, 5) is 21.5. The van der Waals surface area contributed by atoms with Crippen LogP contribution in [0.5, 0.6) is 0 Å². The second-order valence-corrected chi connectivity index (χ2v) is 39.7. The maximum atomic E-state index is 18.1. The van der Waals surface area contributed by atoms with Gasteiger partial charge in [0, 0.05) is 111 Å². The average molecular weight is 1520 g/mol. The Balaban J connectivity index is 1.14. The van der Waals surface area contributed by atoms with E-state index in [4.69, 9.17) is 0 Å². The van der Waals surface area contributed by atoms with Crippen molar-refractivity contribution in [2.24, 2.45) is 23.7 Å². The lowest BCUT2D eigenvalue weighted by Gasteiger charge is -2.35. The first-order valence-electron chi connectivity index (χ1n) is 39.4. The number of nitriles is 2. The zero-order valence-corrected chi connectivity index (χ0v) is 69.6. The SMILES string of the molecule is CCCCCCc1cccc(C(c2cccc(C)c2)C2c3c(sc4c(-c5cc(F)c(CC(CC)CCCC)s5)c5c(c(/C(=C/C(C)F)SC(C)(C)C)c34)SC3C4SC(/C=C6\C(=O)c7cc(C)c(C)cc7C6=C(C#N)C#N)=CC4[C@@H](C(c4cccc(C)c4)c4cccc(CCCCCC)c4)C53)C(SC)C2C)c1. The number of nitrogens with zero attached hydrogens (tertiary/aromatic N) is 2. The Bertz CT molecular complexity index is 4830. The molecule has 11 heteroatoms. The average Bonchev–Trinajstić information content (AvgIpc) is 1.51. The predicted molar refractivity (Wildman–Crippen MR) is 456 cm³/mol. The standard InChI is InChI=1S/C95H106F2N2OS6/c1-15-19-22-24-33-61-35-28-39-65(46-61)78(63-37-26-30-54(5)41-63)77-59(10)89(101-14)93-84(77)87-83(76(45-58(9)96)106-95(11,12)13)92-86(82(91(87)104-93)75-51-73(97)74(103-75)48-60(18-4)32-21-17-3)85-81(79(64-38-27-31-55(6)42-64)66-40-29-36-62(47-66)34-25-23-20-16-2)72-50-68(102-90(72)94(85)105-92)49-71-80(67(52-98)53-99)69-43-56(7)57(8)44-70(69)88(71)100/h26-31,35-47,49-51,58-60,72,77-79,81,85,89-90,94H,15-25,32-34,48H2,1-14H3/b71-49-,76-45-/t58?,59?,60?,72?,77?,78?,79?,81-,85?,89?,90?,94?/m0/s1. The molecule has 11 unspecified atom stereocenters. The highest BCUT2D eigenvalue weighted by molar-refractivity contribution is 8.09. The molecule has 13 rings (SSSR count). The summed E-state index contributed by atoms with van der Waals surface area (Å²) in [6.07, 6.45) is 23.9. The predicted octanol–water partition coefficient (Wildman–Crippen LogP) is 28.5. The number of hydrogen-bond acceptors (Lipinski definition) is 9. The molecule has 5 aliphatic rings. The lowest BCUT2D eigenvalue weighted by atomic mass is 9.69. The number of allylic oxidation sites excluding steroid dienone is 6. The van der Waals surface area contributed by atoms with Gasteiger partial charge in [-0.15, -0.1) is 58.0 Å². The summed E-state index contributed by atoms with van der Waals surface area (Å²) in [5, 5.41) is 22.8. The number of ketones is 1. The quantitative estimate of drug-likeness (QED) is 0.0275. The summed E-state index contributed by atoms with van der Waals surface area (Å²) < 4.78 is 36.2. The maximum Gasteiger partial charge on any atom is 0.194 e. The number of alkyl halides is 1. The first-order chi connectivity index (χ1) is 51.1. The van der Waals surface area contributed by atoms with Gasteiger partial charge in [-0.05, 0) is 182 Å². The van der Waals surface area contributed by atoms with E-state index in [0.717, 1.165) is 93.2 Å². The number of thiophene rings is 2. The normalized spacial score (nSPS) is 21.7. The molecule has 2 aliphatic heterocycles. The van der Waals surface area contributed by atoms with Crippen LogP contribution in [0.25, 0.3) is 31.0 Å². The third kappa shape index (κ3) is 15.6. The molecule has 0 N–H and O–H groups in total. The van der Waals surface area contributed by atoms with E-state index in [2.05, 4.69) is 191 Å². The van der Waals surface area contributed by atoms with Gasteiger partial charge in [0.2, 0.25) is 0 Å². The van der Waals surface area contributed by atoms with Crippen molar-refractivity contribution in [1.82, 2.24) is 0 Å². The Kier molecular flexibility index (Phi) is 24.7. The molecule has 0 amide bonds. The van der Waals surface area contributed by atoms with Gasteiger partial charge < -0.3 is 0 Å². The number of rotatable bonds is 28. The lowest BCUT2D eigenvalue weighted by Crippen LogP contribution is -2.24. The smallest absolute Gasteiger partial charge is 0.194 e. The molecule has 0 bridgehead atoms. The molecule has 3 aliphatic carbocycles. The van der Waals surface area contributed by atoms with Crippen molar-refractivity contribution in [3.63, 3.8) is 0 Å². The van der Waals surface area contributed by atoms with Crippen LogP contribution in [0.15, 0.2) is 154 Å². The zero-order chi connectivity index (χ0) is 75.0. The van der Waals surface area contributed by atoms with Gasteiger partial charge in [-0.2, -0.15) is 22.3 Å². The van der Waals surface area contributed by atoms with Crippen LogP contribution in [0.4, 0.5) is 8.78 Å². The summed E-state index contributed by atoms with van der Waals surface area (Å²) in [5.74, 6) is -0.0780. The number of halogens is 2. The van der Waals surface area contributed by atoms with E-state index in [1.165, 1.54) is 114 Å². The van der Waals surface area contributed by atoms with Crippen molar-refractivity contribution >= 4 is 96.1 Å². The first kappa shape index (κ1) is 78.0. The highest BCUT2D eigenvalue weighted by atomic mass is 32.2. The number of carbonyl (C=O) groups excluding carboxylic acids is 1. The van der Waals surface area contributed by atoms with Crippen LogP contribution in [0.3, 0.4) is 0 Å². The van der Waals surface area contributed by atoms with Crippen LogP contribution in [0.2, 0.25) is 0 Å². The van der Waals surface area contributed by atoms with Crippen LogP contribution < -0.4 is 0 Å². The molecule has 0 spiro atoms. The Morgan fingerprint density at radius 1 is 0.698 bits per heavy atom. The summed E-state index contributed by atoms with van der Waals surface area (Å²) >= 11 is 11.3. The number of benzene rings is 6. The number of unbranched alkanes of at least 4 members (excludes halogenated alkanes) is 7. The third-order valence-corrected chi connectivity index (χ3v) is 31.6. The Morgan fingerprint density at radius 3 is 1.87 bits per heavy atom. The Morgan fingerprint density at radius 2 is 1.29 bits per heavy atom. The molecule has 6 aromatic carbocycles. The second-order valence-electron chi connectivity index (χ2n) is 32.2. The number of hydrogen-bond donors (Lipinski definition) is 0. The molecule has 12 atom stereocenters. The number of aryl methyl sites for hydroxylation is 6. The molecule has 2 aromatic heterocycles. The Labute approximate surface area is 657 Å². The molecule has 106 heavy (non-hydrogen) atoms. The molecule has 552 valence electrons. The van der Waals surface area contributed by atoms with Crippen LogP contribution in [-0.4, -0.2) is 33.5 Å². The molecule has 0 radical (unpaired) electrons. The zero-order valence-electron chi connectivity index (χ0n) is 64.7. The summed E-state index contributed by atoms with van der Waals surface area (Å²) in [7, 11) is 0. The van der Waals surface area contributed by atoms with E-state index >= 15 is 13.6 Å². The van der Waals surface area contributed by atoms with E-state index < -0.39 is 6.17 Å². The van der Waals surface area contributed by atoms with Crippen molar-refractivity contribution in [1.29, 1.82) is 10.5 Å². The van der Waals surface area contributed by atoms with Gasteiger partial charge in [0.05, 0.1) is 0 Å². The van der Waals surface area contributed by atoms with Gasteiger partial charge in [0.15, 0.2) is 5.78 Å². The van der Waals surface area contributed by atoms with Gasteiger partial charge in [-0.1, -0.05) is 240 Å². The van der Waals surface area contributed by atoms with Crippen LogP contribution in [-0.2, 0) is 19.3 Å². The molecule has 1 fully saturated rings. The van der Waals surface area contributed by atoms with Crippen molar-refractivity contribution in [3.05, 3.63) is 249 Å². The fraction of sp³-hybridized carbons (Fsp3) is 0.442. The van der Waals surface area contributed by atoms with E-state index in [1.54, 1.807) is 30.0 Å².